The molecule has 3 atom stereocenters. The molecule has 0 aromatic heterocycles. The van der Waals surface area contributed by atoms with Gasteiger partial charge in [-0.1, -0.05) is 6.92 Å². The highest BCUT2D eigenvalue weighted by atomic mass is 19.4. The Hall–Kier alpha value is -0.290. The molecule has 1 saturated heterocycles. The fourth-order valence-electron chi connectivity index (χ4n) is 3.88. The van der Waals surface area contributed by atoms with E-state index in [9.17, 15) is 13.2 Å². The summed E-state index contributed by atoms with van der Waals surface area (Å²) in [6.45, 7) is 9.58. The van der Waals surface area contributed by atoms with Crippen LogP contribution in [0.15, 0.2) is 0 Å². The molecule has 2 rings (SSSR count). The second-order valence-electron chi connectivity index (χ2n) is 7.18. The zero-order valence-electron chi connectivity index (χ0n) is 12.8. The van der Waals surface area contributed by atoms with Crippen molar-refractivity contribution >= 4 is 0 Å². The van der Waals surface area contributed by atoms with Crippen LogP contribution in [-0.2, 0) is 0 Å². The van der Waals surface area contributed by atoms with Crippen LogP contribution in [0.1, 0.15) is 46.5 Å². The summed E-state index contributed by atoms with van der Waals surface area (Å²) in [6.07, 6.45) is -2.27. The normalized spacial score (nSPS) is 35.0. The first-order chi connectivity index (χ1) is 9.20. The number of rotatable bonds is 5. The van der Waals surface area contributed by atoms with E-state index in [2.05, 4.69) is 31.0 Å². The third-order valence-corrected chi connectivity index (χ3v) is 5.09. The smallest absolute Gasteiger partial charge is 0.314 e. The van der Waals surface area contributed by atoms with Crippen molar-refractivity contribution in [3.05, 3.63) is 0 Å². The molecule has 0 aromatic carbocycles. The van der Waals surface area contributed by atoms with E-state index in [1.807, 2.05) is 0 Å². The van der Waals surface area contributed by atoms with Crippen molar-refractivity contribution in [3.63, 3.8) is 0 Å². The van der Waals surface area contributed by atoms with Crippen LogP contribution in [0.4, 0.5) is 13.2 Å². The van der Waals surface area contributed by atoms with E-state index in [-0.39, 0.29) is 6.42 Å². The summed E-state index contributed by atoms with van der Waals surface area (Å²) in [4.78, 5) is 2.53. The largest absolute Gasteiger partial charge is 0.389 e. The second-order valence-corrected chi connectivity index (χ2v) is 7.18. The average molecular weight is 292 g/mol. The molecule has 0 radical (unpaired) electrons. The maximum absolute atomic E-state index is 12.1. The van der Waals surface area contributed by atoms with Gasteiger partial charge in [0.15, 0.2) is 0 Å². The Balaban J connectivity index is 1.72. The monoisotopic (exact) mass is 292 g/mol. The molecule has 5 heteroatoms. The summed E-state index contributed by atoms with van der Waals surface area (Å²) in [6, 6.07) is 1.00. The number of nitrogens with zero attached hydrogens (tertiary/aromatic N) is 1. The fourth-order valence-corrected chi connectivity index (χ4v) is 3.88. The first-order valence-electron chi connectivity index (χ1n) is 7.74. The lowest BCUT2D eigenvalue weighted by Gasteiger charge is -2.26. The highest BCUT2D eigenvalue weighted by molar-refractivity contribution is 5.03. The molecular weight excluding hydrogens is 265 g/mol. The quantitative estimate of drug-likeness (QED) is 0.781. The van der Waals surface area contributed by atoms with E-state index < -0.39 is 12.6 Å². The van der Waals surface area contributed by atoms with E-state index in [1.165, 1.54) is 0 Å². The molecule has 0 bridgehead atoms. The number of likely N-dealkylation sites (tertiary alicyclic amines) is 1. The molecule has 0 aromatic rings. The van der Waals surface area contributed by atoms with Crippen molar-refractivity contribution in [1.82, 2.24) is 10.2 Å². The number of fused-ring (bicyclic) bond motifs is 1. The first-order valence-corrected chi connectivity index (χ1v) is 7.74. The van der Waals surface area contributed by atoms with E-state index in [0.29, 0.717) is 30.0 Å². The van der Waals surface area contributed by atoms with Crippen LogP contribution in [0, 0.1) is 11.3 Å². The summed E-state index contributed by atoms with van der Waals surface area (Å²) >= 11 is 0. The molecule has 2 nitrogen and oxygen atoms in total. The first kappa shape index (κ1) is 16.1. The Bertz CT molecular complexity index is 330. The summed E-state index contributed by atoms with van der Waals surface area (Å²) in [5, 5.41) is 3.33. The molecule has 3 unspecified atom stereocenters. The van der Waals surface area contributed by atoms with Crippen molar-refractivity contribution < 1.29 is 13.2 Å². The van der Waals surface area contributed by atoms with Gasteiger partial charge < -0.3 is 10.2 Å². The van der Waals surface area contributed by atoms with Gasteiger partial charge in [-0.15, -0.1) is 0 Å². The lowest BCUT2D eigenvalue weighted by molar-refractivity contribution is -0.135. The molecule has 118 valence electrons. The van der Waals surface area contributed by atoms with Crippen molar-refractivity contribution in [3.8, 4) is 0 Å². The van der Waals surface area contributed by atoms with Gasteiger partial charge in [0.2, 0.25) is 0 Å². The molecule has 2 aliphatic rings. The Morgan fingerprint density at radius 2 is 2.05 bits per heavy atom. The predicted molar refractivity (Wildman–Crippen MR) is 74.6 cm³/mol. The summed E-state index contributed by atoms with van der Waals surface area (Å²) in [5.41, 5.74) is 0.353. The summed E-state index contributed by atoms with van der Waals surface area (Å²) in [5.74, 6) is 0.699. The van der Waals surface area contributed by atoms with Gasteiger partial charge in [-0.3, -0.25) is 0 Å². The number of alkyl halides is 3. The number of hydrogen-bond donors (Lipinski definition) is 1. The van der Waals surface area contributed by atoms with Gasteiger partial charge in [-0.25, -0.2) is 0 Å². The van der Waals surface area contributed by atoms with Crippen molar-refractivity contribution in [1.29, 1.82) is 0 Å². The van der Waals surface area contributed by atoms with Crippen LogP contribution in [0.3, 0.4) is 0 Å². The van der Waals surface area contributed by atoms with Crippen LogP contribution in [0.5, 0.6) is 0 Å². The maximum Gasteiger partial charge on any atom is 0.389 e. The van der Waals surface area contributed by atoms with Crippen molar-refractivity contribution in [2.45, 2.75) is 64.7 Å². The SMILES string of the molecule is CC(C)N1CC2CC(NCCCC(F)(F)F)CC2(C)C1. The van der Waals surface area contributed by atoms with Crippen LogP contribution >= 0.6 is 0 Å². The molecule has 1 aliphatic carbocycles. The van der Waals surface area contributed by atoms with Gasteiger partial charge in [0.25, 0.3) is 0 Å². The lowest BCUT2D eigenvalue weighted by Crippen LogP contribution is -2.35. The molecule has 0 amide bonds. The predicted octanol–water partition coefficient (Wildman–Crippen LogP) is 3.43. The van der Waals surface area contributed by atoms with E-state index in [1.54, 1.807) is 0 Å². The minimum absolute atomic E-state index is 0.194. The second kappa shape index (κ2) is 5.84. The Kier molecular flexibility index (Phi) is 4.69. The third kappa shape index (κ3) is 3.88. The minimum atomic E-state index is -4.02. The fraction of sp³-hybridized carbons (Fsp3) is 1.00. The highest BCUT2D eigenvalue weighted by Crippen LogP contribution is 2.48. The third-order valence-electron chi connectivity index (χ3n) is 5.09. The molecule has 0 spiro atoms. The number of hydrogen-bond acceptors (Lipinski definition) is 2. The zero-order valence-corrected chi connectivity index (χ0v) is 12.8. The lowest BCUT2D eigenvalue weighted by atomic mass is 9.83. The van der Waals surface area contributed by atoms with Crippen LogP contribution in [0.2, 0.25) is 0 Å². The van der Waals surface area contributed by atoms with Gasteiger partial charge in [-0.2, -0.15) is 13.2 Å². The van der Waals surface area contributed by atoms with Gasteiger partial charge in [0.1, 0.15) is 0 Å². The molecule has 1 heterocycles. The highest BCUT2D eigenvalue weighted by Gasteiger charge is 2.49. The molecule has 1 aliphatic heterocycles. The molecule has 1 saturated carbocycles. The standard InChI is InChI=1S/C15H27F3N2/c1-11(2)20-9-12-7-13(8-14(12,3)10-20)19-6-4-5-15(16,17)18/h11-13,19H,4-10H2,1-3H3. The molecule has 20 heavy (non-hydrogen) atoms. The summed E-state index contributed by atoms with van der Waals surface area (Å²) < 4.78 is 36.3. The minimum Gasteiger partial charge on any atom is -0.314 e. The van der Waals surface area contributed by atoms with Gasteiger partial charge in [-0.05, 0) is 51.0 Å². The zero-order chi connectivity index (χ0) is 15.0. The number of halogens is 3. The topological polar surface area (TPSA) is 15.3 Å². The van der Waals surface area contributed by atoms with E-state index >= 15 is 0 Å². The molecule has 2 fully saturated rings. The Labute approximate surface area is 120 Å². The van der Waals surface area contributed by atoms with Crippen molar-refractivity contribution in [2.75, 3.05) is 19.6 Å². The van der Waals surface area contributed by atoms with Crippen molar-refractivity contribution in [2.24, 2.45) is 11.3 Å². The van der Waals surface area contributed by atoms with Crippen LogP contribution < -0.4 is 5.32 Å². The van der Waals surface area contributed by atoms with Gasteiger partial charge in [0, 0.05) is 31.6 Å². The van der Waals surface area contributed by atoms with Crippen LogP contribution in [-0.4, -0.2) is 42.8 Å². The Morgan fingerprint density at radius 1 is 1.35 bits per heavy atom. The van der Waals surface area contributed by atoms with E-state index in [0.717, 1.165) is 25.9 Å². The molecule has 1 N–H and O–H groups in total. The summed E-state index contributed by atoms with van der Waals surface area (Å²) in [7, 11) is 0. The Morgan fingerprint density at radius 3 is 2.60 bits per heavy atom. The maximum atomic E-state index is 12.1. The average Bonchev–Trinajstić information content (AvgIpc) is 2.74. The number of nitrogens with one attached hydrogen (secondary N) is 1. The molecular formula is C15H27F3N2. The van der Waals surface area contributed by atoms with Gasteiger partial charge >= 0.3 is 6.18 Å². The van der Waals surface area contributed by atoms with Crippen LogP contribution in [0.25, 0.3) is 0 Å². The van der Waals surface area contributed by atoms with Gasteiger partial charge in [0.05, 0.1) is 0 Å². The van der Waals surface area contributed by atoms with E-state index in [4.69, 9.17) is 0 Å².